The van der Waals surface area contributed by atoms with Gasteiger partial charge in [-0.15, -0.1) is 0 Å². The van der Waals surface area contributed by atoms with Crippen LogP contribution in [0.15, 0.2) is 48.5 Å². The van der Waals surface area contributed by atoms with E-state index in [1.807, 2.05) is 0 Å². The Bertz CT molecular complexity index is 608. The summed E-state index contributed by atoms with van der Waals surface area (Å²) in [5.74, 6) is 7.20. The minimum atomic E-state index is -1.30. The average Bonchev–Trinajstić information content (AvgIpc) is 2.55. The van der Waals surface area contributed by atoms with Gasteiger partial charge in [-0.25, -0.2) is 0 Å². The van der Waals surface area contributed by atoms with Gasteiger partial charge in [-0.05, 0) is 24.3 Å². The van der Waals surface area contributed by atoms with Gasteiger partial charge >= 0.3 is 37.7 Å². The zero-order valence-electron chi connectivity index (χ0n) is 11.9. The van der Waals surface area contributed by atoms with E-state index in [4.69, 9.17) is 11.8 Å². The van der Waals surface area contributed by atoms with E-state index in [2.05, 4.69) is 9.68 Å². The molecule has 0 aliphatic heterocycles. The van der Waals surface area contributed by atoms with Crippen molar-refractivity contribution in [3.8, 4) is 11.5 Å². The third kappa shape index (κ3) is 6.43. The van der Waals surface area contributed by atoms with Crippen LogP contribution < -0.4 is 31.7 Å². The third-order valence-electron chi connectivity index (χ3n) is 2.47. The maximum absolute atomic E-state index is 10.3. The Morgan fingerprint density at radius 1 is 0.739 bits per heavy atom. The molecule has 116 valence electrons. The monoisotopic (exact) mass is 344 g/mol. The summed E-state index contributed by atoms with van der Waals surface area (Å²) in [6.07, 6.45) is 0. The van der Waals surface area contributed by atoms with Crippen molar-refractivity contribution >= 4 is 49.7 Å². The van der Waals surface area contributed by atoms with Crippen LogP contribution in [0.4, 0.5) is 0 Å². The van der Waals surface area contributed by atoms with Crippen molar-refractivity contribution in [2.75, 3.05) is 0 Å². The largest absolute Gasteiger partial charge is 2.00 e. The van der Waals surface area contributed by atoms with Crippen LogP contribution in [0.25, 0.3) is 0 Å². The normalized spacial score (nSPS) is 8.78. The van der Waals surface area contributed by atoms with E-state index < -0.39 is 11.9 Å². The number of rotatable bonds is 4. The molecule has 0 unspecified atom stereocenters. The average molecular weight is 344 g/mol. The first-order valence-electron chi connectivity index (χ1n) is 5.85. The van der Waals surface area contributed by atoms with Gasteiger partial charge in [-0.3, -0.25) is 0 Å². The van der Waals surface area contributed by atoms with E-state index in [0.717, 1.165) is 0 Å². The Morgan fingerprint density at radius 2 is 1.04 bits per heavy atom. The molecule has 0 fully saturated rings. The number of carboxylic acids is 2. The van der Waals surface area contributed by atoms with Gasteiger partial charge in [0.2, 0.25) is 0 Å². The van der Waals surface area contributed by atoms with Crippen LogP contribution in [0.5, 0.6) is 11.5 Å². The molecule has 0 aliphatic carbocycles. The number of carbonyl (C=O) groups excluding carboxylic acids is 2. The maximum atomic E-state index is 10.3. The maximum Gasteiger partial charge on any atom is 2.00 e. The molecule has 0 radical (unpaired) electrons. The topological polar surface area (TPSA) is 151 Å². The number of hydrogen-bond donors (Lipinski definition) is 2. The van der Waals surface area contributed by atoms with Gasteiger partial charge in [-0.1, -0.05) is 24.3 Å². The smallest absolute Gasteiger partial charge is 0.545 e. The molecule has 0 bridgehead atoms. The minimum absolute atomic E-state index is 0. The van der Waals surface area contributed by atoms with Crippen LogP contribution in [-0.2, 0) is 0 Å². The van der Waals surface area contributed by atoms with Gasteiger partial charge < -0.3 is 29.5 Å². The fourth-order valence-corrected chi connectivity index (χ4v) is 1.48. The van der Waals surface area contributed by atoms with Crippen molar-refractivity contribution < 1.29 is 29.5 Å². The van der Waals surface area contributed by atoms with Crippen molar-refractivity contribution in [2.24, 2.45) is 11.8 Å². The van der Waals surface area contributed by atoms with E-state index in [9.17, 15) is 19.8 Å². The summed E-state index contributed by atoms with van der Waals surface area (Å²) >= 11 is 0. The summed E-state index contributed by atoms with van der Waals surface area (Å²) in [6.45, 7) is 0. The van der Waals surface area contributed by atoms with Crippen molar-refractivity contribution in [3.05, 3.63) is 59.7 Å². The van der Waals surface area contributed by atoms with E-state index in [1.165, 1.54) is 24.3 Å². The molecule has 0 saturated carbocycles. The molecule has 2 aromatic carbocycles. The molecule has 0 aliphatic rings. The van der Waals surface area contributed by atoms with Gasteiger partial charge in [0.15, 0.2) is 11.5 Å². The molecule has 0 aromatic heterocycles. The van der Waals surface area contributed by atoms with Gasteiger partial charge in [0, 0.05) is 11.1 Å². The second kappa shape index (κ2) is 10.8. The predicted octanol–water partition coefficient (Wildman–Crippen LogP) is -1.78. The number of carboxylic acid groups (broad SMARTS) is 2. The summed E-state index contributed by atoms with van der Waals surface area (Å²) in [5, 5.41) is 20.7. The molecule has 9 heteroatoms. The first-order valence-corrected chi connectivity index (χ1v) is 5.85. The Morgan fingerprint density at radius 3 is 1.26 bits per heavy atom. The van der Waals surface area contributed by atoms with Gasteiger partial charge in [0.1, 0.15) is 0 Å². The van der Waals surface area contributed by atoms with Crippen LogP contribution in [0.3, 0.4) is 0 Å². The number of nitrogens with two attached hydrogens (primary N) is 2. The molecule has 2 aromatic rings. The van der Waals surface area contributed by atoms with E-state index in [1.54, 1.807) is 24.3 Å². The van der Waals surface area contributed by atoms with E-state index in [0.29, 0.717) is 0 Å². The van der Waals surface area contributed by atoms with Crippen LogP contribution in [0.2, 0.25) is 0 Å². The number of benzene rings is 2. The third-order valence-corrected chi connectivity index (χ3v) is 2.47. The van der Waals surface area contributed by atoms with Crippen LogP contribution in [0, 0.1) is 0 Å². The van der Waals surface area contributed by atoms with Crippen LogP contribution >= 0.6 is 0 Å². The number of aromatic carboxylic acids is 2. The molecule has 23 heavy (non-hydrogen) atoms. The number of carbonyl (C=O) groups is 2. The molecule has 0 heterocycles. The Labute approximate surface area is 161 Å². The molecule has 0 saturated heterocycles. The van der Waals surface area contributed by atoms with Crippen molar-refractivity contribution in [1.82, 2.24) is 0 Å². The van der Waals surface area contributed by atoms with Crippen molar-refractivity contribution in [2.45, 2.75) is 0 Å². The molecule has 4 N–H and O–H groups in total. The Hall–Kier alpha value is -1.84. The zero-order valence-corrected chi connectivity index (χ0v) is 14.1. The van der Waals surface area contributed by atoms with Gasteiger partial charge in [0.25, 0.3) is 0 Å². The van der Waals surface area contributed by atoms with E-state index >= 15 is 0 Å². The second-order valence-corrected chi connectivity index (χ2v) is 3.80. The summed E-state index contributed by atoms with van der Waals surface area (Å²) in [4.78, 5) is 29.2. The summed E-state index contributed by atoms with van der Waals surface area (Å²) in [6, 6.07) is 12.0. The SMILES string of the molecule is NOc1ccccc1C(=O)[O-].NOc1ccccc1C(=O)[O-].[Ca+2]. The quantitative estimate of drug-likeness (QED) is 0.488. The number of hydrogen-bond acceptors (Lipinski definition) is 8. The second-order valence-electron chi connectivity index (χ2n) is 3.80. The standard InChI is InChI=1S/2C7H7NO3.Ca/c2*8-11-6-4-2-1-3-5(6)7(9)10;/h2*1-4H,8H2,(H,9,10);/q;;+2/p-2. The molecule has 8 nitrogen and oxygen atoms in total. The summed E-state index contributed by atoms with van der Waals surface area (Å²) < 4.78 is 0. The van der Waals surface area contributed by atoms with Gasteiger partial charge in [0.05, 0.1) is 11.9 Å². The molecule has 0 amide bonds. The Kier molecular flexibility index (Phi) is 9.95. The fraction of sp³-hybridized carbons (Fsp3) is 0. The van der Waals surface area contributed by atoms with Crippen LogP contribution in [0.1, 0.15) is 20.7 Å². The molecule has 2 rings (SSSR count). The zero-order chi connectivity index (χ0) is 16.5. The fourth-order valence-electron chi connectivity index (χ4n) is 1.48. The van der Waals surface area contributed by atoms with Crippen LogP contribution in [-0.4, -0.2) is 49.7 Å². The molecule has 0 spiro atoms. The number of para-hydroxylation sites is 2. The molecular formula is C14H12CaN2O6. The first-order chi connectivity index (χ1) is 10.5. The van der Waals surface area contributed by atoms with E-state index in [-0.39, 0.29) is 60.4 Å². The molecule has 0 atom stereocenters. The first kappa shape index (κ1) is 21.2. The summed E-state index contributed by atoms with van der Waals surface area (Å²) in [7, 11) is 0. The van der Waals surface area contributed by atoms with Gasteiger partial charge in [-0.2, -0.15) is 11.8 Å². The van der Waals surface area contributed by atoms with Crippen molar-refractivity contribution in [3.63, 3.8) is 0 Å². The Balaban J connectivity index is 0.000000403. The minimum Gasteiger partial charge on any atom is -0.545 e. The molecular weight excluding hydrogens is 332 g/mol. The summed E-state index contributed by atoms with van der Waals surface area (Å²) in [5.41, 5.74) is -0.0926. The van der Waals surface area contributed by atoms with Crippen molar-refractivity contribution in [1.29, 1.82) is 0 Å². The predicted molar refractivity (Wildman–Crippen MR) is 76.9 cm³/mol.